The van der Waals surface area contributed by atoms with E-state index in [0.717, 1.165) is 25.2 Å². The number of likely N-dealkylation sites (N-methyl/N-ethyl adjacent to an activating group) is 1. The first-order chi connectivity index (χ1) is 9.13. The van der Waals surface area contributed by atoms with Crippen molar-refractivity contribution >= 4 is 21.8 Å². The Hall–Kier alpha value is -0.850. The van der Waals surface area contributed by atoms with Crippen molar-refractivity contribution in [2.75, 3.05) is 26.7 Å². The highest BCUT2D eigenvalue weighted by atomic mass is 79.9. The maximum Gasteiger partial charge on any atom is 0.234 e. The molecule has 1 aliphatic rings. The smallest absolute Gasteiger partial charge is 0.234 e. The van der Waals surface area contributed by atoms with Crippen LogP contribution in [0.15, 0.2) is 21.2 Å². The van der Waals surface area contributed by atoms with Crippen molar-refractivity contribution in [3.8, 4) is 0 Å². The van der Waals surface area contributed by atoms with Gasteiger partial charge in [-0.05, 0) is 48.0 Å². The lowest BCUT2D eigenvalue weighted by atomic mass is 10.2. The highest BCUT2D eigenvalue weighted by Crippen LogP contribution is 2.15. The second kappa shape index (κ2) is 7.07. The van der Waals surface area contributed by atoms with Crippen molar-refractivity contribution in [3.05, 3.63) is 22.6 Å². The monoisotopic (exact) mass is 330 g/mol. The molecular formula is C13H19BrN2O3. The van der Waals surface area contributed by atoms with Gasteiger partial charge in [0, 0.05) is 13.2 Å². The van der Waals surface area contributed by atoms with E-state index in [1.54, 1.807) is 0 Å². The minimum absolute atomic E-state index is 0.0172. The Morgan fingerprint density at radius 1 is 1.58 bits per heavy atom. The molecule has 0 bridgehead atoms. The molecule has 1 saturated heterocycles. The van der Waals surface area contributed by atoms with Gasteiger partial charge in [0.1, 0.15) is 5.76 Å². The first-order valence-electron chi connectivity index (χ1n) is 6.44. The third kappa shape index (κ3) is 4.97. The van der Waals surface area contributed by atoms with Crippen LogP contribution >= 0.6 is 15.9 Å². The zero-order valence-electron chi connectivity index (χ0n) is 11.0. The van der Waals surface area contributed by atoms with Gasteiger partial charge in [-0.1, -0.05) is 0 Å². The Morgan fingerprint density at radius 3 is 3.05 bits per heavy atom. The van der Waals surface area contributed by atoms with E-state index < -0.39 is 0 Å². The first-order valence-corrected chi connectivity index (χ1v) is 7.24. The van der Waals surface area contributed by atoms with Gasteiger partial charge >= 0.3 is 0 Å². The lowest BCUT2D eigenvalue weighted by molar-refractivity contribution is -0.122. The lowest BCUT2D eigenvalue weighted by Gasteiger charge is -2.16. The predicted octanol–water partition coefficient (Wildman–Crippen LogP) is 1.77. The summed E-state index contributed by atoms with van der Waals surface area (Å²) in [5.41, 5.74) is 0. The number of hydrogen-bond donors (Lipinski definition) is 1. The van der Waals surface area contributed by atoms with Crippen LogP contribution in [0.3, 0.4) is 0 Å². The molecule has 1 aliphatic heterocycles. The van der Waals surface area contributed by atoms with E-state index in [-0.39, 0.29) is 12.0 Å². The van der Waals surface area contributed by atoms with Gasteiger partial charge in [-0.15, -0.1) is 0 Å². The van der Waals surface area contributed by atoms with Crippen LogP contribution in [0.4, 0.5) is 0 Å². The molecule has 0 aromatic carbocycles. The normalized spacial score (nSPS) is 19.0. The fraction of sp³-hybridized carbons (Fsp3) is 0.615. The van der Waals surface area contributed by atoms with Gasteiger partial charge in [0.05, 0.1) is 19.2 Å². The number of hydrogen-bond acceptors (Lipinski definition) is 4. The van der Waals surface area contributed by atoms with Crippen LogP contribution in [0.1, 0.15) is 18.6 Å². The van der Waals surface area contributed by atoms with Crippen molar-refractivity contribution in [1.82, 2.24) is 10.2 Å². The van der Waals surface area contributed by atoms with E-state index in [2.05, 4.69) is 21.2 Å². The largest absolute Gasteiger partial charge is 0.453 e. The van der Waals surface area contributed by atoms with Crippen molar-refractivity contribution in [3.63, 3.8) is 0 Å². The van der Waals surface area contributed by atoms with E-state index in [0.29, 0.717) is 24.3 Å². The molecule has 106 valence electrons. The maximum atomic E-state index is 11.8. The number of amides is 1. The Morgan fingerprint density at radius 2 is 2.42 bits per heavy atom. The molecule has 0 saturated carbocycles. The molecule has 0 aliphatic carbocycles. The summed E-state index contributed by atoms with van der Waals surface area (Å²) in [4.78, 5) is 13.7. The van der Waals surface area contributed by atoms with E-state index in [1.165, 1.54) is 0 Å². The van der Waals surface area contributed by atoms with E-state index in [4.69, 9.17) is 9.15 Å². The van der Waals surface area contributed by atoms with Crippen LogP contribution in [0, 0.1) is 0 Å². The SMILES string of the molecule is CN(CC(=O)NC[C@@H]1CCCO1)Cc1ccc(Br)o1. The molecular weight excluding hydrogens is 312 g/mol. The van der Waals surface area contributed by atoms with Gasteiger partial charge in [-0.2, -0.15) is 0 Å². The van der Waals surface area contributed by atoms with E-state index >= 15 is 0 Å². The van der Waals surface area contributed by atoms with Crippen LogP contribution in [0.2, 0.25) is 0 Å². The van der Waals surface area contributed by atoms with Gasteiger partial charge in [0.2, 0.25) is 5.91 Å². The Labute approximate surface area is 121 Å². The fourth-order valence-electron chi connectivity index (χ4n) is 2.09. The third-order valence-corrected chi connectivity index (χ3v) is 3.45. The molecule has 0 unspecified atom stereocenters. The second-order valence-electron chi connectivity index (χ2n) is 4.82. The maximum absolute atomic E-state index is 11.8. The highest BCUT2D eigenvalue weighted by molar-refractivity contribution is 9.10. The first kappa shape index (κ1) is 14.6. The van der Waals surface area contributed by atoms with Crippen LogP contribution in [0.25, 0.3) is 0 Å². The number of nitrogens with one attached hydrogen (secondary N) is 1. The van der Waals surface area contributed by atoms with Gasteiger partial charge in [-0.3, -0.25) is 9.69 Å². The van der Waals surface area contributed by atoms with Gasteiger partial charge in [-0.25, -0.2) is 0 Å². The van der Waals surface area contributed by atoms with Crippen molar-refractivity contribution in [2.24, 2.45) is 0 Å². The Balaban J connectivity index is 1.66. The number of ether oxygens (including phenoxy) is 1. The summed E-state index contributed by atoms with van der Waals surface area (Å²) in [5.74, 6) is 0.852. The number of carbonyl (C=O) groups is 1. The Bertz CT molecular complexity index is 416. The zero-order valence-corrected chi connectivity index (χ0v) is 12.6. The molecule has 0 spiro atoms. The standard InChI is InChI=1S/C13H19BrN2O3/c1-16(8-11-4-5-12(14)19-11)9-13(17)15-7-10-3-2-6-18-10/h4-5,10H,2-3,6-9H2,1H3,(H,15,17)/t10-/m0/s1. The summed E-state index contributed by atoms with van der Waals surface area (Å²) >= 11 is 3.26. The van der Waals surface area contributed by atoms with Crippen molar-refractivity contribution in [1.29, 1.82) is 0 Å². The minimum atomic E-state index is 0.0172. The molecule has 1 aromatic rings. The number of halogens is 1. The average Bonchev–Trinajstić information content (AvgIpc) is 2.98. The van der Waals surface area contributed by atoms with Crippen LogP contribution < -0.4 is 5.32 Å². The number of rotatable bonds is 6. The quantitative estimate of drug-likeness (QED) is 0.863. The lowest BCUT2D eigenvalue weighted by Crippen LogP contribution is -2.38. The summed E-state index contributed by atoms with van der Waals surface area (Å²) in [6, 6.07) is 3.74. The molecule has 1 fully saturated rings. The minimum Gasteiger partial charge on any atom is -0.453 e. The molecule has 5 nitrogen and oxygen atoms in total. The van der Waals surface area contributed by atoms with Crippen LogP contribution in [0.5, 0.6) is 0 Å². The number of furan rings is 1. The summed E-state index contributed by atoms with van der Waals surface area (Å²) in [6.07, 6.45) is 2.32. The molecule has 0 radical (unpaired) electrons. The van der Waals surface area contributed by atoms with Crippen LogP contribution in [-0.2, 0) is 16.1 Å². The fourth-order valence-corrected chi connectivity index (χ4v) is 2.43. The van der Waals surface area contributed by atoms with Crippen LogP contribution in [-0.4, -0.2) is 43.7 Å². The molecule has 1 aromatic heterocycles. The summed E-state index contributed by atoms with van der Waals surface area (Å²) < 4.78 is 11.6. The van der Waals surface area contributed by atoms with Crippen molar-refractivity contribution < 1.29 is 13.9 Å². The topological polar surface area (TPSA) is 54.7 Å². The summed E-state index contributed by atoms with van der Waals surface area (Å²) in [7, 11) is 1.89. The molecule has 1 atom stereocenters. The van der Waals surface area contributed by atoms with E-state index in [9.17, 15) is 4.79 Å². The molecule has 6 heteroatoms. The third-order valence-electron chi connectivity index (χ3n) is 3.02. The second-order valence-corrected chi connectivity index (χ2v) is 5.60. The Kier molecular flexibility index (Phi) is 5.42. The molecule has 2 heterocycles. The molecule has 2 rings (SSSR count). The average molecular weight is 331 g/mol. The van der Waals surface area contributed by atoms with Crippen molar-refractivity contribution in [2.45, 2.75) is 25.5 Å². The highest BCUT2D eigenvalue weighted by Gasteiger charge is 2.16. The molecule has 1 N–H and O–H groups in total. The van der Waals surface area contributed by atoms with Gasteiger partial charge in [0.15, 0.2) is 4.67 Å². The summed E-state index contributed by atoms with van der Waals surface area (Å²) in [5, 5.41) is 2.90. The zero-order chi connectivity index (χ0) is 13.7. The number of nitrogens with zero attached hydrogens (tertiary/aromatic N) is 1. The molecule has 19 heavy (non-hydrogen) atoms. The van der Waals surface area contributed by atoms with Gasteiger partial charge in [0.25, 0.3) is 0 Å². The van der Waals surface area contributed by atoms with Gasteiger partial charge < -0.3 is 14.5 Å². The number of carbonyl (C=O) groups excluding carboxylic acids is 1. The summed E-state index contributed by atoms with van der Waals surface area (Å²) in [6.45, 7) is 2.39. The predicted molar refractivity (Wildman–Crippen MR) is 74.7 cm³/mol. The van der Waals surface area contributed by atoms with E-state index in [1.807, 2.05) is 24.1 Å². The molecule has 1 amide bonds.